The van der Waals surface area contributed by atoms with Crippen LogP contribution in [0.4, 0.5) is 9.18 Å². The van der Waals surface area contributed by atoms with Crippen LogP contribution in [0.2, 0.25) is 0 Å². The number of carbonyl (C=O) groups excluding carboxylic acids is 2. The second-order valence-electron chi connectivity index (χ2n) is 9.99. The van der Waals surface area contributed by atoms with Crippen LogP contribution in [0.3, 0.4) is 0 Å². The SMILES string of the molecule is Cc1cc(C2=C3CN(N[C@@H]4CCCC[C@@H]4NC(=O)OC(C)(C)C)C(F)=C3NC(C(=O)O)C2=O)sn1. The quantitative estimate of drug-likeness (QED) is 0.351. The van der Waals surface area contributed by atoms with Crippen LogP contribution in [0.1, 0.15) is 57.0 Å². The lowest BCUT2D eigenvalue weighted by Gasteiger charge is -2.36. The molecule has 0 saturated heterocycles. The van der Waals surface area contributed by atoms with Crippen molar-refractivity contribution in [1.29, 1.82) is 0 Å². The maximum absolute atomic E-state index is 15.6. The van der Waals surface area contributed by atoms with Gasteiger partial charge in [0.1, 0.15) is 5.60 Å². The lowest BCUT2D eigenvalue weighted by molar-refractivity contribution is -0.142. The Kier molecular flexibility index (Phi) is 6.87. The Balaban J connectivity index is 1.59. The van der Waals surface area contributed by atoms with Crippen molar-refractivity contribution in [2.45, 2.75) is 77.1 Å². The predicted octanol–water partition coefficient (Wildman–Crippen LogP) is 2.63. The Labute approximate surface area is 206 Å². The molecule has 3 atom stereocenters. The van der Waals surface area contributed by atoms with Gasteiger partial charge < -0.3 is 20.5 Å². The average Bonchev–Trinajstić information content (AvgIpc) is 3.30. The van der Waals surface area contributed by atoms with E-state index in [0.29, 0.717) is 29.0 Å². The van der Waals surface area contributed by atoms with Gasteiger partial charge in [0.25, 0.3) is 0 Å². The molecule has 1 saturated carbocycles. The minimum absolute atomic E-state index is 0.0157. The zero-order valence-electron chi connectivity index (χ0n) is 20.1. The number of aryl methyl sites for hydroxylation is 1. The Morgan fingerprint density at radius 1 is 1.29 bits per heavy atom. The van der Waals surface area contributed by atoms with Gasteiger partial charge in [0.15, 0.2) is 11.8 Å². The second-order valence-corrected chi connectivity index (χ2v) is 10.8. The van der Waals surface area contributed by atoms with E-state index in [1.54, 1.807) is 33.8 Å². The van der Waals surface area contributed by atoms with E-state index in [-0.39, 0.29) is 29.9 Å². The van der Waals surface area contributed by atoms with Crippen molar-refractivity contribution in [3.63, 3.8) is 0 Å². The number of fused-ring (bicyclic) bond motifs is 1. The third kappa shape index (κ3) is 5.32. The molecule has 1 aromatic rings. The van der Waals surface area contributed by atoms with E-state index in [0.717, 1.165) is 24.4 Å². The molecule has 12 heteroatoms. The summed E-state index contributed by atoms with van der Waals surface area (Å²) in [5.41, 5.74) is 3.75. The molecule has 0 radical (unpaired) electrons. The molecule has 3 aliphatic rings. The first kappa shape index (κ1) is 25.1. The molecule has 0 bridgehead atoms. The molecule has 4 N–H and O–H groups in total. The second kappa shape index (κ2) is 9.57. The maximum atomic E-state index is 15.6. The van der Waals surface area contributed by atoms with Gasteiger partial charge >= 0.3 is 12.1 Å². The Morgan fingerprint density at radius 3 is 2.57 bits per heavy atom. The molecule has 1 aliphatic carbocycles. The summed E-state index contributed by atoms with van der Waals surface area (Å²) >= 11 is 1.08. The molecule has 10 nitrogen and oxygen atoms in total. The van der Waals surface area contributed by atoms with Gasteiger partial charge in [-0.05, 0) is 58.1 Å². The minimum atomic E-state index is -1.59. The van der Waals surface area contributed by atoms with Gasteiger partial charge in [-0.1, -0.05) is 12.8 Å². The summed E-state index contributed by atoms with van der Waals surface area (Å²) in [6.45, 7) is 7.14. The van der Waals surface area contributed by atoms with Crippen molar-refractivity contribution >= 4 is 35.0 Å². The standard InChI is InChI=1S/C23H30FN5O5S/c1-11-9-15(35-28-11)16-12-10-29(20(24)17(12)26-18(19(16)30)21(31)32)27-14-8-6-5-7-13(14)25-22(33)34-23(2,3)4/h9,13-14,18,26-27H,5-8,10H2,1-4H3,(H,25,33)(H,31,32)/t13-,14+,18?/m0/s1. The first-order valence-corrected chi connectivity index (χ1v) is 12.4. The number of hydrogen-bond acceptors (Lipinski definition) is 9. The van der Waals surface area contributed by atoms with Crippen LogP contribution in [0.5, 0.6) is 0 Å². The van der Waals surface area contributed by atoms with Crippen molar-refractivity contribution in [3.8, 4) is 0 Å². The summed E-state index contributed by atoms with van der Waals surface area (Å²) in [5, 5.41) is 16.3. The number of rotatable bonds is 5. The Morgan fingerprint density at radius 2 is 1.97 bits per heavy atom. The highest BCUT2D eigenvalue weighted by molar-refractivity contribution is 7.07. The van der Waals surface area contributed by atoms with E-state index < -0.39 is 35.4 Å². The van der Waals surface area contributed by atoms with Crippen molar-refractivity contribution in [3.05, 3.63) is 33.9 Å². The largest absolute Gasteiger partial charge is 0.479 e. The summed E-state index contributed by atoms with van der Waals surface area (Å²) in [7, 11) is 0. The lowest BCUT2D eigenvalue weighted by Crippen LogP contribution is -2.56. The molecule has 1 aromatic heterocycles. The number of carboxylic acids is 1. The van der Waals surface area contributed by atoms with Gasteiger partial charge in [-0.2, -0.15) is 8.76 Å². The van der Waals surface area contributed by atoms with Crippen LogP contribution in [0, 0.1) is 6.92 Å². The number of amides is 1. The third-order valence-corrected chi connectivity index (χ3v) is 6.97. The highest BCUT2D eigenvalue weighted by Gasteiger charge is 2.44. The molecular formula is C23H30FN5O5S. The first-order chi connectivity index (χ1) is 16.4. The zero-order chi connectivity index (χ0) is 25.5. The average molecular weight is 508 g/mol. The van der Waals surface area contributed by atoms with Crippen LogP contribution >= 0.6 is 11.5 Å². The number of halogens is 1. The summed E-state index contributed by atoms with van der Waals surface area (Å²) in [6, 6.07) is -0.447. The molecule has 0 spiro atoms. The van der Waals surface area contributed by atoms with Gasteiger partial charge in [0.05, 0.1) is 22.8 Å². The Hall–Kier alpha value is -2.99. The van der Waals surface area contributed by atoms with Crippen LogP contribution < -0.4 is 16.1 Å². The maximum Gasteiger partial charge on any atom is 0.407 e. The summed E-state index contributed by atoms with van der Waals surface area (Å²) in [4.78, 5) is 37.6. The molecule has 0 aromatic carbocycles. The summed E-state index contributed by atoms with van der Waals surface area (Å²) < 4.78 is 25.1. The normalized spacial score (nSPS) is 24.9. The number of ether oxygens (including phenoxy) is 1. The fourth-order valence-electron chi connectivity index (χ4n) is 4.56. The van der Waals surface area contributed by atoms with Crippen LogP contribution in [-0.2, 0) is 14.3 Å². The lowest BCUT2D eigenvalue weighted by atomic mass is 9.91. The van der Waals surface area contributed by atoms with Gasteiger partial charge in [0, 0.05) is 23.2 Å². The molecule has 1 amide bonds. The minimum Gasteiger partial charge on any atom is -0.479 e. The van der Waals surface area contributed by atoms with Crippen molar-refractivity contribution < 1.29 is 28.6 Å². The van der Waals surface area contributed by atoms with E-state index >= 15 is 4.39 Å². The summed E-state index contributed by atoms with van der Waals surface area (Å²) in [6.07, 6.45) is 2.69. The number of hydrogen-bond donors (Lipinski definition) is 4. The van der Waals surface area contributed by atoms with E-state index in [2.05, 4.69) is 20.4 Å². The molecule has 2 aliphatic heterocycles. The number of ketones is 1. The molecule has 35 heavy (non-hydrogen) atoms. The van der Waals surface area contributed by atoms with Gasteiger partial charge in [-0.25, -0.2) is 15.0 Å². The number of nitrogens with zero attached hydrogens (tertiary/aromatic N) is 2. The van der Waals surface area contributed by atoms with Crippen molar-refractivity contribution in [2.24, 2.45) is 0 Å². The smallest absolute Gasteiger partial charge is 0.407 e. The highest BCUT2D eigenvalue weighted by atomic mass is 32.1. The van der Waals surface area contributed by atoms with Crippen LogP contribution in [0.15, 0.2) is 23.3 Å². The number of Topliss-reactive ketones (excluding diaryl/α,β-unsaturated/α-hetero) is 1. The summed E-state index contributed by atoms with van der Waals surface area (Å²) in [5.74, 6) is -2.70. The molecular weight excluding hydrogens is 477 g/mol. The number of carboxylic acid groups (broad SMARTS) is 1. The third-order valence-electron chi connectivity index (χ3n) is 6.07. The highest BCUT2D eigenvalue weighted by Crippen LogP contribution is 2.38. The van der Waals surface area contributed by atoms with Crippen molar-refractivity contribution in [2.75, 3.05) is 6.54 Å². The molecule has 4 rings (SSSR count). The van der Waals surface area contributed by atoms with Gasteiger partial charge in [0.2, 0.25) is 5.95 Å². The van der Waals surface area contributed by atoms with E-state index in [4.69, 9.17) is 4.74 Å². The number of aromatic nitrogens is 1. The zero-order valence-corrected chi connectivity index (χ0v) is 20.9. The monoisotopic (exact) mass is 507 g/mol. The number of carbonyl (C=O) groups is 3. The molecule has 190 valence electrons. The topological polar surface area (TPSA) is 133 Å². The fourth-order valence-corrected chi connectivity index (χ4v) is 5.40. The van der Waals surface area contributed by atoms with Gasteiger partial charge in [-0.3, -0.25) is 9.80 Å². The predicted molar refractivity (Wildman–Crippen MR) is 127 cm³/mol. The fraction of sp³-hybridized carbons (Fsp3) is 0.565. The van der Waals surface area contributed by atoms with E-state index in [1.807, 2.05) is 0 Å². The van der Waals surface area contributed by atoms with Crippen LogP contribution in [0.25, 0.3) is 5.57 Å². The number of nitrogens with one attached hydrogen (secondary N) is 3. The number of hydrazine groups is 1. The van der Waals surface area contributed by atoms with Gasteiger partial charge in [-0.15, -0.1) is 0 Å². The van der Waals surface area contributed by atoms with Crippen LogP contribution in [-0.4, -0.2) is 62.6 Å². The molecule has 1 unspecified atom stereocenters. The number of alkyl carbamates (subject to hydrolysis) is 1. The van der Waals surface area contributed by atoms with Crippen molar-refractivity contribution in [1.82, 2.24) is 25.4 Å². The molecule has 3 heterocycles. The Bertz CT molecular complexity index is 1110. The molecule has 1 fully saturated rings. The van der Waals surface area contributed by atoms with E-state index in [1.165, 1.54) is 5.01 Å². The first-order valence-electron chi connectivity index (χ1n) is 11.6. The number of aliphatic carboxylic acids is 1. The van der Waals surface area contributed by atoms with E-state index in [9.17, 15) is 19.5 Å².